The maximum absolute atomic E-state index is 14.6. The Kier molecular flexibility index (Phi) is 8.75. The van der Waals surface area contributed by atoms with Crippen LogP contribution in [0, 0.1) is 22.7 Å². The standard InChI is InChI=1S/C32H43ClN6O3/c1-3-27(40)39-17-16-38(19-22(39)11-14-34)30-25-10-13-32(12-9-24-21(18-32)6-4-8-26(24)33)29(41)28(25)35-31(36-30)42-20-23-7-5-15-37(23)2/h3-4,6,8,22-23,25,28,30-31,35-36H,1,5,7,9-13,15-20H2,2H3. The first-order chi connectivity index (χ1) is 20.3. The molecule has 10 heteroatoms. The highest BCUT2D eigenvalue weighted by Crippen LogP contribution is 2.48. The molecule has 3 heterocycles. The Bertz CT molecular complexity index is 1250. The van der Waals surface area contributed by atoms with Crippen molar-refractivity contribution in [2.24, 2.45) is 11.3 Å². The number of benzene rings is 1. The minimum Gasteiger partial charge on any atom is -0.348 e. The fourth-order valence-corrected chi connectivity index (χ4v) is 8.55. The second-order valence-corrected chi connectivity index (χ2v) is 13.3. The molecule has 3 saturated heterocycles. The molecule has 0 radical (unpaired) electrons. The Labute approximate surface area is 254 Å². The molecule has 5 aliphatic rings. The number of rotatable bonds is 6. The summed E-state index contributed by atoms with van der Waals surface area (Å²) in [7, 11) is 2.14. The number of hydrogen-bond donors (Lipinski definition) is 2. The third-order valence-corrected chi connectivity index (χ3v) is 11.0. The van der Waals surface area contributed by atoms with Gasteiger partial charge >= 0.3 is 0 Å². The molecule has 3 aliphatic heterocycles. The molecule has 2 aliphatic carbocycles. The number of carbonyl (C=O) groups is 2. The van der Waals surface area contributed by atoms with Crippen LogP contribution in [0.25, 0.3) is 0 Å². The summed E-state index contributed by atoms with van der Waals surface area (Å²) in [5, 5.41) is 17.7. The van der Waals surface area contributed by atoms with Crippen molar-refractivity contribution in [1.29, 1.82) is 5.26 Å². The van der Waals surface area contributed by atoms with E-state index < -0.39 is 11.8 Å². The van der Waals surface area contributed by atoms with E-state index in [0.29, 0.717) is 32.3 Å². The number of nitrogens with one attached hydrogen (secondary N) is 2. The van der Waals surface area contributed by atoms with Crippen molar-refractivity contribution < 1.29 is 14.3 Å². The van der Waals surface area contributed by atoms with Crippen LogP contribution in [-0.2, 0) is 27.2 Å². The van der Waals surface area contributed by atoms with Gasteiger partial charge in [-0.2, -0.15) is 5.26 Å². The number of carbonyl (C=O) groups excluding carboxylic acids is 2. The molecule has 4 fully saturated rings. The molecule has 1 spiro atoms. The average molecular weight is 595 g/mol. The number of amides is 1. The van der Waals surface area contributed by atoms with Crippen LogP contribution in [0.2, 0.25) is 5.02 Å². The van der Waals surface area contributed by atoms with Crippen molar-refractivity contribution in [2.45, 2.75) is 82.0 Å². The van der Waals surface area contributed by atoms with Crippen LogP contribution in [0.15, 0.2) is 30.9 Å². The van der Waals surface area contributed by atoms with Crippen LogP contribution in [0.3, 0.4) is 0 Å². The van der Waals surface area contributed by atoms with Gasteiger partial charge in [0.15, 0.2) is 12.1 Å². The van der Waals surface area contributed by atoms with Gasteiger partial charge in [-0.15, -0.1) is 0 Å². The average Bonchev–Trinajstić information content (AvgIpc) is 3.42. The number of nitrogens with zero attached hydrogens (tertiary/aromatic N) is 4. The SMILES string of the molecule is C=CC(=O)N1CCN(C2NC(OCC3CCCN3C)NC3C(=O)C4(CCc5c(Cl)cccc5C4)CCC32)CC1CC#N. The lowest BCUT2D eigenvalue weighted by Gasteiger charge is -2.55. The van der Waals surface area contributed by atoms with Gasteiger partial charge in [-0.25, -0.2) is 0 Å². The summed E-state index contributed by atoms with van der Waals surface area (Å²) in [5.41, 5.74) is 1.99. The molecule has 7 atom stereocenters. The maximum atomic E-state index is 14.6. The Hall–Kier alpha value is -2.32. The van der Waals surface area contributed by atoms with Crippen molar-refractivity contribution >= 4 is 23.3 Å². The van der Waals surface area contributed by atoms with Gasteiger partial charge in [0, 0.05) is 42.0 Å². The Morgan fingerprint density at radius 3 is 2.86 bits per heavy atom. The van der Waals surface area contributed by atoms with Gasteiger partial charge in [0.2, 0.25) is 5.91 Å². The monoisotopic (exact) mass is 594 g/mol. The number of likely N-dealkylation sites (tertiary alicyclic amines) is 1. The number of piperazine rings is 1. The summed E-state index contributed by atoms with van der Waals surface area (Å²) in [4.78, 5) is 33.6. The highest BCUT2D eigenvalue weighted by Gasteiger charge is 2.55. The molecule has 42 heavy (non-hydrogen) atoms. The van der Waals surface area contributed by atoms with E-state index in [0.717, 1.165) is 50.1 Å². The fourth-order valence-electron chi connectivity index (χ4n) is 8.27. The van der Waals surface area contributed by atoms with Crippen molar-refractivity contribution in [2.75, 3.05) is 39.8 Å². The summed E-state index contributed by atoms with van der Waals surface area (Å²) >= 11 is 6.53. The first-order valence-electron chi connectivity index (χ1n) is 15.5. The zero-order valence-electron chi connectivity index (χ0n) is 24.6. The molecular weight excluding hydrogens is 552 g/mol. The van der Waals surface area contributed by atoms with E-state index in [2.05, 4.69) is 46.2 Å². The number of ketones is 1. The van der Waals surface area contributed by atoms with Gasteiger partial charge in [0.25, 0.3) is 0 Å². The van der Waals surface area contributed by atoms with Gasteiger partial charge in [0.1, 0.15) is 0 Å². The molecule has 2 N–H and O–H groups in total. The predicted octanol–water partition coefficient (Wildman–Crippen LogP) is 2.69. The summed E-state index contributed by atoms with van der Waals surface area (Å²) in [6.45, 7) is 7.07. The number of nitriles is 1. The topological polar surface area (TPSA) is 101 Å². The molecule has 1 aromatic rings. The predicted molar refractivity (Wildman–Crippen MR) is 160 cm³/mol. The van der Waals surface area contributed by atoms with Crippen LogP contribution in [0.5, 0.6) is 0 Å². The van der Waals surface area contributed by atoms with Gasteiger partial charge in [-0.05, 0) is 81.8 Å². The summed E-state index contributed by atoms with van der Waals surface area (Å²) in [6, 6.07) is 8.15. The number of Topliss-reactive ketones (excluding diaryl/α,β-unsaturated/α-hetero) is 1. The molecule has 9 nitrogen and oxygen atoms in total. The summed E-state index contributed by atoms with van der Waals surface area (Å²) in [5.74, 6) is 0.208. The fraction of sp³-hybridized carbons (Fsp3) is 0.656. The summed E-state index contributed by atoms with van der Waals surface area (Å²) in [6.07, 6.45) is 7.42. The minimum absolute atomic E-state index is 0.0577. The van der Waals surface area contributed by atoms with Crippen LogP contribution in [-0.4, -0.2) is 96.9 Å². The van der Waals surface area contributed by atoms with Crippen LogP contribution >= 0.6 is 11.6 Å². The molecule has 226 valence electrons. The smallest absolute Gasteiger partial charge is 0.246 e. The van der Waals surface area contributed by atoms with Crippen molar-refractivity contribution in [1.82, 2.24) is 25.3 Å². The molecule has 1 saturated carbocycles. The molecule has 1 amide bonds. The largest absolute Gasteiger partial charge is 0.348 e. The lowest BCUT2D eigenvalue weighted by molar-refractivity contribution is -0.154. The molecule has 0 bridgehead atoms. The van der Waals surface area contributed by atoms with Gasteiger partial charge in [-0.1, -0.05) is 30.3 Å². The third-order valence-electron chi connectivity index (χ3n) is 10.7. The van der Waals surface area contributed by atoms with Crippen LogP contribution < -0.4 is 10.6 Å². The Morgan fingerprint density at radius 1 is 1.24 bits per heavy atom. The van der Waals surface area contributed by atoms with Gasteiger partial charge in [-0.3, -0.25) is 25.1 Å². The van der Waals surface area contributed by atoms with Crippen molar-refractivity contribution in [3.05, 3.63) is 47.0 Å². The first kappa shape index (κ1) is 29.7. The second kappa shape index (κ2) is 12.4. The zero-order chi connectivity index (χ0) is 29.4. The first-order valence-corrected chi connectivity index (χ1v) is 15.9. The minimum atomic E-state index is -0.461. The van der Waals surface area contributed by atoms with Gasteiger partial charge in [0.05, 0.1) is 37.3 Å². The molecule has 0 aromatic heterocycles. The van der Waals surface area contributed by atoms with E-state index in [1.54, 1.807) is 4.90 Å². The number of ether oxygens (including phenoxy) is 1. The normalized spacial score (nSPS) is 35.5. The quantitative estimate of drug-likeness (QED) is 0.485. The van der Waals surface area contributed by atoms with E-state index in [4.69, 9.17) is 16.3 Å². The highest BCUT2D eigenvalue weighted by molar-refractivity contribution is 6.31. The lowest BCUT2D eigenvalue weighted by atomic mass is 9.59. The van der Waals surface area contributed by atoms with E-state index in [9.17, 15) is 14.9 Å². The van der Waals surface area contributed by atoms with E-state index in [-0.39, 0.29) is 42.3 Å². The van der Waals surface area contributed by atoms with Crippen molar-refractivity contribution in [3.8, 4) is 6.07 Å². The molecule has 1 aromatic carbocycles. The number of likely N-dealkylation sites (N-methyl/N-ethyl adjacent to an activating group) is 1. The van der Waals surface area contributed by atoms with E-state index in [1.165, 1.54) is 23.6 Å². The van der Waals surface area contributed by atoms with Crippen LogP contribution in [0.1, 0.15) is 49.7 Å². The number of halogens is 1. The third kappa shape index (κ3) is 5.54. The van der Waals surface area contributed by atoms with Crippen molar-refractivity contribution in [3.63, 3.8) is 0 Å². The molecule has 7 unspecified atom stereocenters. The Morgan fingerprint density at radius 2 is 2.10 bits per heavy atom. The number of hydrogen-bond acceptors (Lipinski definition) is 8. The van der Waals surface area contributed by atoms with E-state index in [1.807, 2.05) is 12.1 Å². The molecular formula is C32H43ClN6O3. The number of fused-ring (bicyclic) bond motifs is 2. The van der Waals surface area contributed by atoms with Gasteiger partial charge < -0.3 is 14.5 Å². The summed E-state index contributed by atoms with van der Waals surface area (Å²) < 4.78 is 6.46. The Balaban J connectivity index is 1.24. The maximum Gasteiger partial charge on any atom is 0.246 e. The second-order valence-electron chi connectivity index (χ2n) is 12.9. The lowest BCUT2D eigenvalue weighted by Crippen LogP contribution is -2.74. The molecule has 6 rings (SSSR count). The van der Waals surface area contributed by atoms with E-state index >= 15 is 0 Å². The highest BCUT2D eigenvalue weighted by atomic mass is 35.5. The van der Waals surface area contributed by atoms with Crippen LogP contribution in [0.4, 0.5) is 0 Å². The zero-order valence-corrected chi connectivity index (χ0v) is 25.3.